The van der Waals surface area contributed by atoms with Crippen molar-refractivity contribution in [2.75, 3.05) is 20.7 Å². The minimum absolute atomic E-state index is 0.130. The highest BCUT2D eigenvalue weighted by Gasteiger charge is 2.20. The number of nitrogens with zero attached hydrogens (tertiary/aromatic N) is 3. The second kappa shape index (κ2) is 16.4. The number of halogens is 2. The molecule has 2 heterocycles. The minimum atomic E-state index is -0.940. The third-order valence-electron chi connectivity index (χ3n) is 9.91. The van der Waals surface area contributed by atoms with E-state index in [1.165, 1.54) is 0 Å². The van der Waals surface area contributed by atoms with E-state index in [0.717, 1.165) is 80.7 Å². The fourth-order valence-corrected chi connectivity index (χ4v) is 7.68. The number of ether oxygens (including phenoxy) is 1. The molecule has 0 aliphatic carbocycles. The van der Waals surface area contributed by atoms with Crippen LogP contribution in [0.15, 0.2) is 103 Å². The van der Waals surface area contributed by atoms with Crippen molar-refractivity contribution in [2.45, 2.75) is 45.1 Å². The number of nitrogens with one attached hydrogen (secondary N) is 2. The molecule has 1 aliphatic rings. The Hall–Kier alpha value is -5.19. The Bertz CT molecular complexity index is 2310. The van der Waals surface area contributed by atoms with Crippen molar-refractivity contribution in [1.29, 1.82) is 0 Å². The van der Waals surface area contributed by atoms with Gasteiger partial charge in [-0.05, 0) is 71.6 Å². The lowest BCUT2D eigenvalue weighted by atomic mass is 9.96. The Labute approximate surface area is 324 Å². The first-order valence-corrected chi connectivity index (χ1v) is 18.6. The number of fused-ring (bicyclic) bond motifs is 1. The van der Waals surface area contributed by atoms with Crippen LogP contribution in [0.1, 0.15) is 45.5 Å². The standard InChI is InChI=1S/C43H41Cl2N5O4/c1-49(24-28-11-15-30(16-12-28)43(52)53)25-32-19-38(44)31(20-40(32)54-2)26-50-39-8-4-6-35(37(39)23-47-50)36-7-3-5-34(42(36)45)29-13-9-27(10-14-29)21-46-22-33-17-18-41(51)48-33/h3-16,19-20,23,33,46H,17-18,21-22,24-26H2,1-2H3,(H,48,51)(H,52,53)/t33-/m0/s1. The van der Waals surface area contributed by atoms with Gasteiger partial charge in [-0.25, -0.2) is 4.79 Å². The van der Waals surface area contributed by atoms with Gasteiger partial charge in [0.15, 0.2) is 0 Å². The number of hydrogen-bond donors (Lipinski definition) is 3. The number of carboxylic acids is 1. The summed E-state index contributed by atoms with van der Waals surface area (Å²) in [6.07, 6.45) is 3.36. The molecule has 0 unspecified atom stereocenters. The van der Waals surface area contributed by atoms with Crippen LogP contribution >= 0.6 is 23.2 Å². The summed E-state index contributed by atoms with van der Waals surface area (Å²) in [5.41, 5.74) is 9.11. The number of carboxylic acid groups (broad SMARTS) is 1. The first-order chi connectivity index (χ1) is 26.2. The third kappa shape index (κ3) is 8.30. The first-order valence-electron chi connectivity index (χ1n) is 17.9. The molecule has 11 heteroatoms. The minimum Gasteiger partial charge on any atom is -0.496 e. The molecule has 54 heavy (non-hydrogen) atoms. The number of amides is 1. The van der Waals surface area contributed by atoms with E-state index in [4.69, 9.17) is 33.0 Å². The van der Waals surface area contributed by atoms with Gasteiger partial charge in [0.25, 0.3) is 0 Å². The molecule has 0 bridgehead atoms. The lowest BCUT2D eigenvalue weighted by molar-refractivity contribution is -0.119. The molecule has 7 rings (SSSR count). The van der Waals surface area contributed by atoms with Gasteiger partial charge in [-0.15, -0.1) is 0 Å². The second-order valence-electron chi connectivity index (χ2n) is 13.8. The maximum absolute atomic E-state index is 11.5. The van der Waals surface area contributed by atoms with Gasteiger partial charge in [0.1, 0.15) is 5.75 Å². The maximum Gasteiger partial charge on any atom is 0.335 e. The summed E-state index contributed by atoms with van der Waals surface area (Å²) in [6, 6.07) is 31.7. The quantitative estimate of drug-likeness (QED) is 0.102. The van der Waals surface area contributed by atoms with Crippen LogP contribution in [-0.2, 0) is 31.0 Å². The molecule has 1 aliphatic heterocycles. The highest BCUT2D eigenvalue weighted by atomic mass is 35.5. The first kappa shape index (κ1) is 37.1. The Morgan fingerprint density at radius 1 is 0.944 bits per heavy atom. The van der Waals surface area contributed by atoms with Crippen LogP contribution < -0.4 is 15.4 Å². The summed E-state index contributed by atoms with van der Waals surface area (Å²) >= 11 is 14.1. The zero-order valence-corrected chi connectivity index (χ0v) is 31.6. The monoisotopic (exact) mass is 761 g/mol. The normalized spacial score (nSPS) is 14.2. The van der Waals surface area contributed by atoms with Crippen LogP contribution in [0, 0.1) is 0 Å². The van der Waals surface area contributed by atoms with Crippen molar-refractivity contribution in [2.24, 2.45) is 0 Å². The van der Waals surface area contributed by atoms with Crippen LogP contribution in [0.4, 0.5) is 0 Å². The van der Waals surface area contributed by atoms with E-state index in [1.807, 2.05) is 66.5 Å². The summed E-state index contributed by atoms with van der Waals surface area (Å²) in [7, 11) is 3.65. The van der Waals surface area contributed by atoms with Crippen LogP contribution in [0.2, 0.25) is 10.0 Å². The highest BCUT2D eigenvalue weighted by Crippen LogP contribution is 2.39. The van der Waals surface area contributed by atoms with Gasteiger partial charge in [0.2, 0.25) is 5.91 Å². The summed E-state index contributed by atoms with van der Waals surface area (Å²) in [5, 5.41) is 22.7. The summed E-state index contributed by atoms with van der Waals surface area (Å²) in [5.74, 6) is -0.0814. The molecule has 5 aromatic carbocycles. The van der Waals surface area contributed by atoms with Crippen molar-refractivity contribution in [3.63, 3.8) is 0 Å². The SMILES string of the molecule is COc1cc(Cn2ncc3c(-c4cccc(-c5ccc(CNC[C@@H]6CCC(=O)N6)cc5)c4Cl)cccc32)c(Cl)cc1CN(C)Cc1ccc(C(=O)O)cc1. The largest absolute Gasteiger partial charge is 0.496 e. The van der Waals surface area contributed by atoms with Crippen LogP contribution in [-0.4, -0.2) is 58.4 Å². The van der Waals surface area contributed by atoms with Crippen LogP contribution in [0.3, 0.4) is 0 Å². The van der Waals surface area contributed by atoms with E-state index in [0.29, 0.717) is 36.1 Å². The fraction of sp³-hybridized carbons (Fsp3) is 0.233. The Morgan fingerprint density at radius 3 is 2.39 bits per heavy atom. The number of carbonyl (C=O) groups excluding carboxylic acids is 1. The predicted octanol–water partition coefficient (Wildman–Crippen LogP) is 8.43. The van der Waals surface area contributed by atoms with Gasteiger partial charge in [-0.2, -0.15) is 5.10 Å². The summed E-state index contributed by atoms with van der Waals surface area (Å²) < 4.78 is 7.76. The van der Waals surface area contributed by atoms with E-state index in [-0.39, 0.29) is 17.5 Å². The number of benzene rings is 5. The molecule has 276 valence electrons. The molecule has 0 radical (unpaired) electrons. The van der Waals surface area contributed by atoms with E-state index < -0.39 is 5.97 Å². The summed E-state index contributed by atoms with van der Waals surface area (Å²) in [6.45, 7) is 3.14. The Balaban J connectivity index is 1.06. The molecule has 6 aromatic rings. The third-order valence-corrected chi connectivity index (χ3v) is 10.7. The predicted molar refractivity (Wildman–Crippen MR) is 214 cm³/mol. The van der Waals surface area contributed by atoms with Gasteiger partial charge in [-0.1, -0.05) is 89.9 Å². The van der Waals surface area contributed by atoms with E-state index in [2.05, 4.69) is 51.9 Å². The Morgan fingerprint density at radius 2 is 1.67 bits per heavy atom. The molecular weight excluding hydrogens is 721 g/mol. The highest BCUT2D eigenvalue weighted by molar-refractivity contribution is 6.36. The number of aromatic nitrogens is 2. The molecule has 1 saturated heterocycles. The van der Waals surface area contributed by atoms with E-state index in [9.17, 15) is 14.7 Å². The average Bonchev–Trinajstić information content (AvgIpc) is 3.78. The number of methoxy groups -OCH3 is 1. The Kier molecular flexibility index (Phi) is 11.3. The zero-order valence-electron chi connectivity index (χ0n) is 30.1. The van der Waals surface area contributed by atoms with Crippen LogP contribution in [0.5, 0.6) is 5.75 Å². The summed E-state index contributed by atoms with van der Waals surface area (Å²) in [4.78, 5) is 24.8. The molecule has 3 N–H and O–H groups in total. The van der Waals surface area contributed by atoms with Gasteiger partial charge in [0.05, 0.1) is 36.0 Å². The maximum atomic E-state index is 11.5. The smallest absolute Gasteiger partial charge is 0.335 e. The number of aromatic carboxylic acids is 1. The van der Waals surface area contributed by atoms with Gasteiger partial charge >= 0.3 is 5.97 Å². The molecule has 0 saturated carbocycles. The van der Waals surface area contributed by atoms with Crippen molar-refractivity contribution < 1.29 is 19.4 Å². The van der Waals surface area contributed by atoms with Crippen molar-refractivity contribution in [1.82, 2.24) is 25.3 Å². The van der Waals surface area contributed by atoms with Gasteiger partial charge in [-0.3, -0.25) is 14.4 Å². The van der Waals surface area contributed by atoms with Gasteiger partial charge < -0.3 is 20.5 Å². The molecular formula is C43H41Cl2N5O4. The topological polar surface area (TPSA) is 109 Å². The number of carbonyl (C=O) groups is 2. The lowest BCUT2D eigenvalue weighted by Crippen LogP contribution is -2.35. The molecule has 1 fully saturated rings. The molecule has 9 nitrogen and oxygen atoms in total. The molecule has 1 amide bonds. The zero-order chi connectivity index (χ0) is 37.8. The van der Waals surface area contributed by atoms with Crippen LogP contribution in [0.25, 0.3) is 33.2 Å². The molecule has 0 spiro atoms. The van der Waals surface area contributed by atoms with Crippen molar-refractivity contribution >= 4 is 46.0 Å². The number of rotatable bonds is 14. The lowest BCUT2D eigenvalue weighted by Gasteiger charge is -2.20. The van der Waals surface area contributed by atoms with Gasteiger partial charge in [0, 0.05) is 65.7 Å². The number of hydrogen-bond acceptors (Lipinski definition) is 6. The second-order valence-corrected chi connectivity index (χ2v) is 14.6. The average molecular weight is 763 g/mol. The van der Waals surface area contributed by atoms with E-state index in [1.54, 1.807) is 19.2 Å². The van der Waals surface area contributed by atoms with E-state index >= 15 is 0 Å². The van der Waals surface area contributed by atoms with Crippen molar-refractivity contribution in [3.8, 4) is 28.0 Å². The molecule has 1 aromatic heterocycles. The van der Waals surface area contributed by atoms with Crippen molar-refractivity contribution in [3.05, 3.63) is 141 Å². The molecule has 1 atom stereocenters. The fourth-order valence-electron chi connectivity index (χ4n) is 7.09.